The molecule has 0 aliphatic heterocycles. The van der Waals surface area contributed by atoms with E-state index < -0.39 is 6.10 Å². The lowest BCUT2D eigenvalue weighted by Gasteiger charge is -2.18. The molecule has 0 saturated heterocycles. The van der Waals surface area contributed by atoms with Gasteiger partial charge in [0.15, 0.2) is 6.10 Å². The molecule has 6 heteroatoms. The maximum absolute atomic E-state index is 12.9. The topological polar surface area (TPSA) is 78.9 Å². The summed E-state index contributed by atoms with van der Waals surface area (Å²) < 4.78 is 16.9. The molecule has 0 saturated carbocycles. The van der Waals surface area contributed by atoms with Crippen molar-refractivity contribution in [3.05, 3.63) is 122 Å². The molecule has 6 nitrogen and oxygen atoms in total. The predicted octanol–water partition coefficient (Wildman–Crippen LogP) is 22.0. The summed E-state index contributed by atoms with van der Waals surface area (Å²) in [4.78, 5) is 38.3. The highest BCUT2D eigenvalue weighted by Crippen LogP contribution is 2.15. The van der Waals surface area contributed by atoms with E-state index in [9.17, 15) is 14.4 Å². The third kappa shape index (κ3) is 62.5. The number of carbonyl (C=O) groups excluding carboxylic acids is 3. The molecule has 0 aromatic rings. The van der Waals surface area contributed by atoms with Crippen LogP contribution in [0.25, 0.3) is 0 Å². The van der Waals surface area contributed by atoms with E-state index in [0.717, 1.165) is 116 Å². The van der Waals surface area contributed by atoms with Gasteiger partial charge < -0.3 is 14.2 Å². The van der Waals surface area contributed by atoms with Crippen LogP contribution in [0.4, 0.5) is 0 Å². The zero-order chi connectivity index (χ0) is 55.7. The molecular weight excluding hydrogens is 949 g/mol. The smallest absolute Gasteiger partial charge is 0.306 e. The third-order valence-electron chi connectivity index (χ3n) is 13.5. The molecule has 0 aromatic heterocycles. The molecule has 0 aliphatic carbocycles. The van der Waals surface area contributed by atoms with Gasteiger partial charge in [-0.25, -0.2) is 0 Å². The summed E-state index contributed by atoms with van der Waals surface area (Å²) >= 11 is 0. The Kier molecular flexibility index (Phi) is 60.8. The molecule has 0 aliphatic rings. The van der Waals surface area contributed by atoms with Crippen LogP contribution in [-0.2, 0) is 28.6 Å². The second-order valence-electron chi connectivity index (χ2n) is 20.9. The van der Waals surface area contributed by atoms with Gasteiger partial charge in [0.2, 0.25) is 0 Å². The Bertz CT molecular complexity index is 1600. The lowest BCUT2D eigenvalue weighted by molar-refractivity contribution is -0.167. The minimum Gasteiger partial charge on any atom is -0.462 e. The fourth-order valence-corrected chi connectivity index (χ4v) is 8.67. The zero-order valence-electron chi connectivity index (χ0n) is 50.2. The molecule has 1 atom stereocenters. The normalized spacial score (nSPS) is 12.9. The summed E-state index contributed by atoms with van der Waals surface area (Å²) in [7, 11) is 0. The largest absolute Gasteiger partial charge is 0.462 e. The van der Waals surface area contributed by atoms with Crippen LogP contribution < -0.4 is 0 Å². The van der Waals surface area contributed by atoms with Crippen LogP contribution in [0.3, 0.4) is 0 Å². The quantitative estimate of drug-likeness (QED) is 0.0261. The Balaban J connectivity index is 4.51. The van der Waals surface area contributed by atoms with Crippen LogP contribution in [0, 0.1) is 0 Å². The number of rotatable bonds is 57. The first-order valence-electron chi connectivity index (χ1n) is 32.0. The number of hydrogen-bond donors (Lipinski definition) is 0. The van der Waals surface area contributed by atoms with E-state index in [-0.39, 0.29) is 37.5 Å². The monoisotopic (exact) mass is 1070 g/mol. The van der Waals surface area contributed by atoms with Crippen molar-refractivity contribution in [2.75, 3.05) is 13.2 Å². The standard InChI is InChI=1S/C71H118O6/c1-4-7-10-13-16-19-22-25-28-30-32-34-35-37-38-40-43-46-49-52-55-58-61-64-70(73)76-67-68(66-75-69(72)63-60-57-54-51-48-45-42-27-24-21-18-15-12-9-6-3)77-71(74)65-62-59-56-53-50-47-44-41-39-36-33-31-29-26-23-20-17-14-11-8-5-2/h7,10,16,19,23,25-26,28,31-34,37-39,41,43,46,52,55,68H,4-6,8-9,11-15,17-18,20-22,24,27,29-30,35-36,40,42,44-45,47-51,53-54,56-67H2,1-3H3/b10-7-,19-16-,26-23-,28-25-,33-31-,34-32-,38-37-,41-39-,46-43-,55-52-. The third-order valence-corrected chi connectivity index (χ3v) is 13.5. The number of allylic oxidation sites excluding steroid dienone is 20. The second kappa shape index (κ2) is 64.3. The molecular formula is C71H118O6. The van der Waals surface area contributed by atoms with Crippen LogP contribution in [0.2, 0.25) is 0 Å². The minimum absolute atomic E-state index is 0.102. The van der Waals surface area contributed by atoms with E-state index in [1.165, 1.54) is 128 Å². The average molecular weight is 1070 g/mol. The van der Waals surface area contributed by atoms with Gasteiger partial charge in [0.25, 0.3) is 0 Å². The number of hydrogen-bond acceptors (Lipinski definition) is 6. The Hall–Kier alpha value is -4.19. The molecule has 0 radical (unpaired) electrons. The van der Waals surface area contributed by atoms with Crippen LogP contribution in [0.5, 0.6) is 0 Å². The van der Waals surface area contributed by atoms with Crippen molar-refractivity contribution in [2.45, 2.75) is 297 Å². The van der Waals surface area contributed by atoms with Gasteiger partial charge >= 0.3 is 17.9 Å². The van der Waals surface area contributed by atoms with Crippen LogP contribution >= 0.6 is 0 Å². The van der Waals surface area contributed by atoms with Crippen LogP contribution in [0.1, 0.15) is 290 Å². The summed E-state index contributed by atoms with van der Waals surface area (Å²) in [6, 6.07) is 0. The van der Waals surface area contributed by atoms with Crippen LogP contribution in [0.15, 0.2) is 122 Å². The Morgan fingerprint density at radius 1 is 0.273 bits per heavy atom. The highest BCUT2D eigenvalue weighted by molar-refractivity contribution is 5.71. The van der Waals surface area contributed by atoms with Crippen molar-refractivity contribution >= 4 is 17.9 Å². The fourth-order valence-electron chi connectivity index (χ4n) is 8.67. The minimum atomic E-state index is -0.812. The molecule has 1 unspecified atom stereocenters. The van der Waals surface area contributed by atoms with Crippen molar-refractivity contribution in [3.8, 4) is 0 Å². The first kappa shape index (κ1) is 72.8. The highest BCUT2D eigenvalue weighted by Gasteiger charge is 2.19. The van der Waals surface area contributed by atoms with Crippen molar-refractivity contribution in [2.24, 2.45) is 0 Å². The number of esters is 3. The van der Waals surface area contributed by atoms with Gasteiger partial charge in [-0.3, -0.25) is 14.4 Å². The summed E-state index contributed by atoms with van der Waals surface area (Å²) in [5.74, 6) is -0.971. The van der Waals surface area contributed by atoms with Gasteiger partial charge in [-0.15, -0.1) is 0 Å². The average Bonchev–Trinajstić information content (AvgIpc) is 3.43. The first-order chi connectivity index (χ1) is 38.0. The van der Waals surface area contributed by atoms with Gasteiger partial charge in [-0.1, -0.05) is 284 Å². The molecule has 0 heterocycles. The molecule has 0 N–H and O–H groups in total. The van der Waals surface area contributed by atoms with Gasteiger partial charge in [0.05, 0.1) is 0 Å². The Morgan fingerprint density at radius 3 is 0.844 bits per heavy atom. The second-order valence-corrected chi connectivity index (χ2v) is 20.9. The first-order valence-corrected chi connectivity index (χ1v) is 32.0. The molecule has 77 heavy (non-hydrogen) atoms. The summed E-state index contributed by atoms with van der Waals surface area (Å²) in [5, 5.41) is 0. The maximum Gasteiger partial charge on any atom is 0.306 e. The predicted molar refractivity (Wildman–Crippen MR) is 334 cm³/mol. The van der Waals surface area contributed by atoms with E-state index in [1.807, 2.05) is 0 Å². The van der Waals surface area contributed by atoms with Gasteiger partial charge in [-0.05, 0) is 109 Å². The van der Waals surface area contributed by atoms with Crippen molar-refractivity contribution in [1.82, 2.24) is 0 Å². The maximum atomic E-state index is 12.9. The SMILES string of the molecule is CC/C=C\C/C=C\C/C=C\C/C=C\C/C=C\C/C=C\C/C=C\CCCC(=O)OCC(COC(=O)CCCCCCCCCCCCCCCCC)OC(=O)CCCCCCCC/C=C\C/C=C\C/C=C\CCCCCCC. The molecule has 0 bridgehead atoms. The molecule has 0 aromatic carbocycles. The van der Waals surface area contributed by atoms with Crippen molar-refractivity contribution in [3.63, 3.8) is 0 Å². The van der Waals surface area contributed by atoms with E-state index in [1.54, 1.807) is 0 Å². The van der Waals surface area contributed by atoms with Crippen LogP contribution in [-0.4, -0.2) is 37.2 Å². The molecule has 0 fully saturated rings. The van der Waals surface area contributed by atoms with E-state index in [0.29, 0.717) is 19.3 Å². The summed E-state index contributed by atoms with van der Waals surface area (Å²) in [5.41, 5.74) is 0. The summed E-state index contributed by atoms with van der Waals surface area (Å²) in [6.45, 7) is 6.47. The lowest BCUT2D eigenvalue weighted by Crippen LogP contribution is -2.30. The van der Waals surface area contributed by atoms with Crippen molar-refractivity contribution in [1.29, 1.82) is 0 Å². The lowest BCUT2D eigenvalue weighted by atomic mass is 10.0. The molecule has 0 spiro atoms. The van der Waals surface area contributed by atoms with E-state index in [4.69, 9.17) is 14.2 Å². The molecule has 0 rings (SSSR count). The van der Waals surface area contributed by atoms with Crippen molar-refractivity contribution < 1.29 is 28.6 Å². The number of carbonyl (C=O) groups is 3. The Morgan fingerprint density at radius 2 is 0.519 bits per heavy atom. The fraction of sp³-hybridized carbons (Fsp3) is 0.676. The van der Waals surface area contributed by atoms with Gasteiger partial charge in [-0.2, -0.15) is 0 Å². The highest BCUT2D eigenvalue weighted by atomic mass is 16.6. The summed E-state index contributed by atoms with van der Waals surface area (Å²) in [6.07, 6.45) is 89.1. The van der Waals surface area contributed by atoms with E-state index >= 15 is 0 Å². The number of unbranched alkanes of at least 4 members (excludes halogenated alkanes) is 26. The molecule has 0 amide bonds. The molecule has 438 valence electrons. The Labute approximate surface area is 475 Å². The number of ether oxygens (including phenoxy) is 3. The zero-order valence-corrected chi connectivity index (χ0v) is 50.2. The van der Waals surface area contributed by atoms with Gasteiger partial charge in [0.1, 0.15) is 13.2 Å². The van der Waals surface area contributed by atoms with E-state index in [2.05, 4.69) is 142 Å². The van der Waals surface area contributed by atoms with Gasteiger partial charge in [0, 0.05) is 19.3 Å².